The Labute approximate surface area is 164 Å². The summed E-state index contributed by atoms with van der Waals surface area (Å²) in [5, 5.41) is 0. The molecule has 5 nitrogen and oxygen atoms in total. The van der Waals surface area contributed by atoms with Gasteiger partial charge in [0, 0.05) is 24.7 Å². The molecule has 1 aliphatic carbocycles. The molecule has 0 bridgehead atoms. The summed E-state index contributed by atoms with van der Waals surface area (Å²) in [4.78, 5) is 30.3. The first kappa shape index (κ1) is 17.3. The number of benzene rings is 2. The Morgan fingerprint density at radius 2 is 1.71 bits per heavy atom. The van der Waals surface area contributed by atoms with Crippen LogP contribution in [0.4, 0.5) is 0 Å². The van der Waals surface area contributed by atoms with E-state index >= 15 is 0 Å². The summed E-state index contributed by atoms with van der Waals surface area (Å²) in [5.74, 6) is 0.123. The van der Waals surface area contributed by atoms with Crippen LogP contribution in [0.3, 0.4) is 0 Å². The molecule has 1 N–H and O–H groups in total. The van der Waals surface area contributed by atoms with Gasteiger partial charge in [0.1, 0.15) is 0 Å². The Morgan fingerprint density at radius 3 is 2.54 bits per heavy atom. The lowest BCUT2D eigenvalue weighted by Crippen LogP contribution is -2.40. The van der Waals surface area contributed by atoms with Gasteiger partial charge >= 0.3 is 5.69 Å². The summed E-state index contributed by atoms with van der Waals surface area (Å²) in [6.45, 7) is 1.37. The second kappa shape index (κ2) is 6.97. The normalized spacial score (nSPS) is 17.6. The quantitative estimate of drug-likeness (QED) is 0.743. The molecule has 0 saturated carbocycles. The van der Waals surface area contributed by atoms with Gasteiger partial charge in [0.25, 0.3) is 5.91 Å². The number of nitrogens with zero attached hydrogens (tertiary/aromatic N) is 2. The van der Waals surface area contributed by atoms with Crippen LogP contribution in [-0.2, 0) is 12.8 Å². The van der Waals surface area contributed by atoms with Crippen LogP contribution in [0.15, 0.2) is 47.3 Å². The average molecular weight is 375 g/mol. The minimum Gasteiger partial charge on any atom is -0.338 e. The lowest BCUT2D eigenvalue weighted by molar-refractivity contribution is 0.0695. The first-order valence-electron chi connectivity index (χ1n) is 10.3. The number of carbonyl (C=O) groups excluding carboxylic acids is 1. The van der Waals surface area contributed by atoms with Gasteiger partial charge in [0.2, 0.25) is 0 Å². The molecule has 0 unspecified atom stereocenters. The molecule has 1 saturated heterocycles. The number of rotatable bonds is 2. The number of imidazole rings is 1. The van der Waals surface area contributed by atoms with Gasteiger partial charge in [-0.2, -0.15) is 0 Å². The highest BCUT2D eigenvalue weighted by molar-refractivity contribution is 5.94. The molecule has 0 radical (unpaired) electrons. The highest BCUT2D eigenvalue weighted by Crippen LogP contribution is 2.27. The minimum absolute atomic E-state index is 0.0549. The van der Waals surface area contributed by atoms with Crippen molar-refractivity contribution in [2.24, 2.45) is 0 Å². The largest absolute Gasteiger partial charge is 0.338 e. The number of aryl methyl sites for hydroxylation is 2. The number of H-pyrrole nitrogens is 1. The van der Waals surface area contributed by atoms with Crippen molar-refractivity contribution in [3.63, 3.8) is 0 Å². The van der Waals surface area contributed by atoms with Gasteiger partial charge in [-0.3, -0.25) is 9.36 Å². The van der Waals surface area contributed by atoms with E-state index in [1.54, 1.807) is 0 Å². The first-order chi connectivity index (χ1) is 13.7. The van der Waals surface area contributed by atoms with Crippen molar-refractivity contribution < 1.29 is 4.79 Å². The summed E-state index contributed by atoms with van der Waals surface area (Å²) in [5.41, 5.74) is 5.33. The zero-order valence-corrected chi connectivity index (χ0v) is 16.0. The van der Waals surface area contributed by atoms with Gasteiger partial charge < -0.3 is 9.88 Å². The summed E-state index contributed by atoms with van der Waals surface area (Å²) in [6.07, 6.45) is 6.30. The van der Waals surface area contributed by atoms with Gasteiger partial charge in [-0.05, 0) is 73.9 Å². The molecule has 0 spiro atoms. The number of aromatic nitrogens is 2. The molecule has 144 valence electrons. The number of aromatic amines is 1. The van der Waals surface area contributed by atoms with Crippen LogP contribution in [0.25, 0.3) is 11.0 Å². The third-order valence-electron chi connectivity index (χ3n) is 6.34. The Kier molecular flexibility index (Phi) is 4.30. The Bertz CT molecular complexity index is 1090. The standard InChI is InChI=1S/C23H25N3O2/c27-22(18-10-9-16-5-1-2-6-17(16)15-18)25-13-11-19(12-14-25)26-21-8-4-3-7-20(21)24-23(26)28/h3-4,7-10,15,19H,1-2,5-6,11-14H2,(H,24,28). The van der Waals surface area contributed by atoms with Gasteiger partial charge in [0.05, 0.1) is 11.0 Å². The fourth-order valence-electron chi connectivity index (χ4n) is 4.81. The molecule has 2 aliphatic rings. The Morgan fingerprint density at radius 1 is 0.964 bits per heavy atom. The lowest BCUT2D eigenvalue weighted by atomic mass is 9.90. The third kappa shape index (κ3) is 2.95. The summed E-state index contributed by atoms with van der Waals surface area (Å²) in [6, 6.07) is 14.2. The number of para-hydroxylation sites is 2. The number of carbonyl (C=O) groups is 1. The highest BCUT2D eigenvalue weighted by atomic mass is 16.2. The van der Waals surface area contributed by atoms with Gasteiger partial charge in [0.15, 0.2) is 0 Å². The van der Waals surface area contributed by atoms with Crippen molar-refractivity contribution in [3.05, 3.63) is 69.6 Å². The van der Waals surface area contributed by atoms with E-state index in [1.807, 2.05) is 39.8 Å². The van der Waals surface area contributed by atoms with E-state index in [1.165, 1.54) is 24.0 Å². The predicted octanol–water partition coefficient (Wildman–Crippen LogP) is 3.69. The second-order valence-corrected chi connectivity index (χ2v) is 8.03. The average Bonchev–Trinajstić information content (AvgIpc) is 3.08. The molecule has 1 fully saturated rings. The van der Waals surface area contributed by atoms with Crippen LogP contribution in [-0.4, -0.2) is 33.4 Å². The zero-order chi connectivity index (χ0) is 19.1. The highest BCUT2D eigenvalue weighted by Gasteiger charge is 2.27. The van der Waals surface area contributed by atoms with Crippen LogP contribution in [0.1, 0.15) is 53.2 Å². The topological polar surface area (TPSA) is 58.1 Å². The van der Waals surface area contributed by atoms with E-state index in [0.29, 0.717) is 13.1 Å². The zero-order valence-electron chi connectivity index (χ0n) is 16.0. The van der Waals surface area contributed by atoms with Crippen molar-refractivity contribution in [2.45, 2.75) is 44.6 Å². The van der Waals surface area contributed by atoms with Gasteiger partial charge in [-0.1, -0.05) is 18.2 Å². The molecule has 1 amide bonds. The molecule has 1 aliphatic heterocycles. The van der Waals surface area contributed by atoms with Crippen LogP contribution >= 0.6 is 0 Å². The molecule has 5 heteroatoms. The van der Waals surface area contributed by atoms with Crippen molar-refractivity contribution in [3.8, 4) is 0 Å². The summed E-state index contributed by atoms with van der Waals surface area (Å²) >= 11 is 0. The molecule has 3 aromatic rings. The number of piperidine rings is 1. The number of hydrogen-bond acceptors (Lipinski definition) is 2. The molecule has 2 heterocycles. The molecule has 2 aromatic carbocycles. The van der Waals surface area contributed by atoms with Crippen molar-refractivity contribution in [2.75, 3.05) is 13.1 Å². The second-order valence-electron chi connectivity index (χ2n) is 8.03. The number of amides is 1. The van der Waals surface area contributed by atoms with Crippen molar-refractivity contribution in [1.82, 2.24) is 14.5 Å². The molecule has 0 atom stereocenters. The van der Waals surface area contributed by atoms with Gasteiger partial charge in [-0.25, -0.2) is 4.79 Å². The maximum atomic E-state index is 13.0. The SMILES string of the molecule is O=C(c1ccc2c(c1)CCCC2)N1CCC(n2c(=O)[nH]c3ccccc32)CC1. The Balaban J connectivity index is 1.32. The van der Waals surface area contributed by atoms with Crippen molar-refractivity contribution >= 4 is 16.9 Å². The monoisotopic (exact) mass is 375 g/mol. The lowest BCUT2D eigenvalue weighted by Gasteiger charge is -2.33. The van der Waals surface area contributed by atoms with Crippen LogP contribution in [0.5, 0.6) is 0 Å². The van der Waals surface area contributed by atoms with E-state index in [2.05, 4.69) is 17.1 Å². The third-order valence-corrected chi connectivity index (χ3v) is 6.34. The predicted molar refractivity (Wildman–Crippen MR) is 110 cm³/mol. The molecule has 1 aromatic heterocycles. The number of nitrogens with one attached hydrogen (secondary N) is 1. The van der Waals surface area contributed by atoms with E-state index in [0.717, 1.165) is 42.3 Å². The van der Waals surface area contributed by atoms with Crippen LogP contribution < -0.4 is 5.69 Å². The fourth-order valence-corrected chi connectivity index (χ4v) is 4.81. The maximum absolute atomic E-state index is 13.0. The van der Waals surface area contributed by atoms with Gasteiger partial charge in [-0.15, -0.1) is 0 Å². The summed E-state index contributed by atoms with van der Waals surface area (Å²) < 4.78 is 1.87. The first-order valence-corrected chi connectivity index (χ1v) is 10.3. The van der Waals surface area contributed by atoms with E-state index in [9.17, 15) is 9.59 Å². The number of hydrogen-bond donors (Lipinski definition) is 1. The number of fused-ring (bicyclic) bond motifs is 2. The molecule has 5 rings (SSSR count). The minimum atomic E-state index is -0.0549. The number of likely N-dealkylation sites (tertiary alicyclic amines) is 1. The summed E-state index contributed by atoms with van der Waals surface area (Å²) in [7, 11) is 0. The van der Waals surface area contributed by atoms with Crippen LogP contribution in [0.2, 0.25) is 0 Å². The van der Waals surface area contributed by atoms with E-state index in [-0.39, 0.29) is 17.6 Å². The molecule has 28 heavy (non-hydrogen) atoms. The Hall–Kier alpha value is -2.82. The van der Waals surface area contributed by atoms with E-state index < -0.39 is 0 Å². The maximum Gasteiger partial charge on any atom is 0.326 e. The fraction of sp³-hybridized carbons (Fsp3) is 0.391. The smallest absolute Gasteiger partial charge is 0.326 e. The molecular weight excluding hydrogens is 350 g/mol. The van der Waals surface area contributed by atoms with E-state index in [4.69, 9.17) is 0 Å². The molecular formula is C23H25N3O2. The van der Waals surface area contributed by atoms with Crippen molar-refractivity contribution in [1.29, 1.82) is 0 Å². The van der Waals surface area contributed by atoms with Crippen LogP contribution in [0, 0.1) is 0 Å².